The van der Waals surface area contributed by atoms with Crippen molar-refractivity contribution in [3.05, 3.63) is 0 Å². The van der Waals surface area contributed by atoms with E-state index in [9.17, 15) is 0 Å². The Balaban J connectivity index is 3.50. The molecule has 0 rings (SSSR count). The van der Waals surface area contributed by atoms with Crippen LogP contribution in [0.1, 0.15) is 6.92 Å². The largest absolute Gasteiger partial charge is 0.383 e. The summed E-state index contributed by atoms with van der Waals surface area (Å²) in [6, 6.07) is 0.228. The molecule has 0 heterocycles. The topological polar surface area (TPSA) is 45.8 Å². The zero-order valence-corrected chi connectivity index (χ0v) is 12.1. The molecule has 0 saturated heterocycles. The number of hydrogen-bond donors (Lipinski definition) is 2. The number of thiocarbonyl (C=S) groups is 1. The first kappa shape index (κ1) is 16.6. The van der Waals surface area contributed by atoms with Gasteiger partial charge in [-0.1, -0.05) is 0 Å². The number of methoxy groups -OCH3 is 2. The van der Waals surface area contributed by atoms with E-state index in [1.54, 1.807) is 14.2 Å². The predicted octanol–water partition coefficient (Wildman–Crippen LogP) is 0.0636. The molecule has 1 unspecified atom stereocenters. The van der Waals surface area contributed by atoms with Gasteiger partial charge in [0.25, 0.3) is 0 Å². The van der Waals surface area contributed by atoms with E-state index >= 15 is 0 Å². The Bertz CT molecular complexity index is 205. The maximum Gasteiger partial charge on any atom is 0.166 e. The van der Waals surface area contributed by atoms with Gasteiger partial charge in [0.15, 0.2) is 5.11 Å². The van der Waals surface area contributed by atoms with Crippen LogP contribution in [0.3, 0.4) is 0 Å². The van der Waals surface area contributed by atoms with Crippen LogP contribution < -0.4 is 10.6 Å². The predicted molar refractivity (Wildman–Crippen MR) is 74.4 cm³/mol. The van der Waals surface area contributed by atoms with Crippen LogP contribution in [0.2, 0.25) is 0 Å². The summed E-state index contributed by atoms with van der Waals surface area (Å²) in [5.41, 5.74) is 0. The van der Waals surface area contributed by atoms with Crippen molar-refractivity contribution in [1.82, 2.24) is 15.5 Å². The van der Waals surface area contributed by atoms with Crippen molar-refractivity contribution in [1.29, 1.82) is 0 Å². The van der Waals surface area contributed by atoms with Crippen LogP contribution in [-0.4, -0.2) is 70.2 Å². The van der Waals surface area contributed by atoms with Gasteiger partial charge in [0.2, 0.25) is 0 Å². The average Bonchev–Trinajstić information content (AvgIpc) is 2.26. The SMILES string of the molecule is COCCN(C)CCNC(=S)NC(C)COC. The second-order valence-electron chi connectivity index (χ2n) is 4.05. The minimum atomic E-state index is 0.228. The van der Waals surface area contributed by atoms with Gasteiger partial charge in [-0.05, 0) is 26.2 Å². The fraction of sp³-hybridized carbons (Fsp3) is 0.909. The number of rotatable bonds is 9. The summed E-state index contributed by atoms with van der Waals surface area (Å²) in [6.07, 6.45) is 0. The number of hydrogen-bond acceptors (Lipinski definition) is 4. The molecule has 5 nitrogen and oxygen atoms in total. The van der Waals surface area contributed by atoms with Crippen LogP contribution in [0.5, 0.6) is 0 Å². The summed E-state index contributed by atoms with van der Waals surface area (Å²) < 4.78 is 10.0. The molecule has 0 aliphatic heterocycles. The van der Waals surface area contributed by atoms with Crippen molar-refractivity contribution in [2.24, 2.45) is 0 Å². The second-order valence-corrected chi connectivity index (χ2v) is 4.46. The number of nitrogens with zero attached hydrogens (tertiary/aromatic N) is 1. The molecule has 0 amide bonds. The smallest absolute Gasteiger partial charge is 0.166 e. The fourth-order valence-electron chi connectivity index (χ4n) is 1.29. The number of nitrogens with one attached hydrogen (secondary N) is 2. The molecule has 0 aromatic rings. The van der Waals surface area contributed by atoms with Crippen molar-refractivity contribution < 1.29 is 9.47 Å². The van der Waals surface area contributed by atoms with E-state index in [0.717, 1.165) is 26.2 Å². The molecule has 0 aromatic carbocycles. The first-order chi connectivity index (χ1) is 8.10. The van der Waals surface area contributed by atoms with E-state index in [2.05, 4.69) is 22.6 Å². The maximum atomic E-state index is 5.16. The van der Waals surface area contributed by atoms with Crippen molar-refractivity contribution in [2.75, 3.05) is 54.1 Å². The van der Waals surface area contributed by atoms with Gasteiger partial charge in [-0.3, -0.25) is 0 Å². The molecule has 6 heteroatoms. The van der Waals surface area contributed by atoms with Crippen LogP contribution in [0.25, 0.3) is 0 Å². The van der Waals surface area contributed by atoms with E-state index < -0.39 is 0 Å². The molecule has 0 bridgehead atoms. The molecule has 0 radical (unpaired) electrons. The average molecular weight is 263 g/mol. The van der Waals surface area contributed by atoms with Crippen molar-refractivity contribution in [3.63, 3.8) is 0 Å². The van der Waals surface area contributed by atoms with Crippen LogP contribution in [0, 0.1) is 0 Å². The molecule has 102 valence electrons. The van der Waals surface area contributed by atoms with Crippen molar-refractivity contribution in [2.45, 2.75) is 13.0 Å². The Morgan fingerprint density at radius 2 is 2.00 bits per heavy atom. The lowest BCUT2D eigenvalue weighted by molar-refractivity contribution is 0.162. The summed E-state index contributed by atoms with van der Waals surface area (Å²) in [4.78, 5) is 2.19. The van der Waals surface area contributed by atoms with Gasteiger partial charge in [-0.2, -0.15) is 0 Å². The molecule has 0 aromatic heterocycles. The highest BCUT2D eigenvalue weighted by Crippen LogP contribution is 1.84. The number of likely N-dealkylation sites (N-methyl/N-ethyl adjacent to an activating group) is 1. The molecule has 0 fully saturated rings. The molecular formula is C11H25N3O2S. The summed E-state index contributed by atoms with van der Waals surface area (Å²) in [5.74, 6) is 0. The highest BCUT2D eigenvalue weighted by atomic mass is 32.1. The molecule has 17 heavy (non-hydrogen) atoms. The summed E-state index contributed by atoms with van der Waals surface area (Å²) in [6.45, 7) is 6.12. The minimum Gasteiger partial charge on any atom is -0.383 e. The maximum absolute atomic E-state index is 5.16. The lowest BCUT2D eigenvalue weighted by Gasteiger charge is -2.19. The normalized spacial score (nSPS) is 12.5. The standard InChI is InChI=1S/C11H25N3O2S/c1-10(9-16-4)13-11(17)12-5-6-14(2)7-8-15-3/h10H,5-9H2,1-4H3,(H2,12,13,17). The lowest BCUT2D eigenvalue weighted by atomic mass is 10.4. The van der Waals surface area contributed by atoms with Crippen LogP contribution in [-0.2, 0) is 9.47 Å². The highest BCUT2D eigenvalue weighted by molar-refractivity contribution is 7.80. The minimum absolute atomic E-state index is 0.228. The third-order valence-electron chi connectivity index (χ3n) is 2.25. The Morgan fingerprint density at radius 1 is 1.29 bits per heavy atom. The summed E-state index contributed by atoms with van der Waals surface area (Å²) in [5, 5.41) is 6.99. The lowest BCUT2D eigenvalue weighted by Crippen LogP contribution is -2.44. The molecule has 1 atom stereocenters. The van der Waals surface area contributed by atoms with Gasteiger partial charge in [0.1, 0.15) is 0 Å². The summed E-state index contributed by atoms with van der Waals surface area (Å²) >= 11 is 5.16. The zero-order valence-electron chi connectivity index (χ0n) is 11.3. The van der Waals surface area contributed by atoms with Crippen LogP contribution >= 0.6 is 12.2 Å². The third-order valence-corrected chi connectivity index (χ3v) is 2.51. The van der Waals surface area contributed by atoms with E-state index in [4.69, 9.17) is 21.7 Å². The molecule has 0 spiro atoms. The Kier molecular flexibility index (Phi) is 10.4. The Hall–Kier alpha value is -0.430. The van der Waals surface area contributed by atoms with Crippen molar-refractivity contribution >= 4 is 17.3 Å². The van der Waals surface area contributed by atoms with Gasteiger partial charge < -0.3 is 25.0 Å². The van der Waals surface area contributed by atoms with Gasteiger partial charge in [-0.15, -0.1) is 0 Å². The first-order valence-corrected chi connectivity index (χ1v) is 6.21. The van der Waals surface area contributed by atoms with Crippen LogP contribution in [0.15, 0.2) is 0 Å². The fourth-order valence-corrected chi connectivity index (χ4v) is 1.59. The highest BCUT2D eigenvalue weighted by Gasteiger charge is 2.03. The number of ether oxygens (including phenoxy) is 2. The second kappa shape index (κ2) is 10.7. The molecule has 0 aliphatic carbocycles. The molecule has 2 N–H and O–H groups in total. The van der Waals surface area contributed by atoms with E-state index in [-0.39, 0.29) is 6.04 Å². The van der Waals surface area contributed by atoms with E-state index in [1.807, 2.05) is 6.92 Å². The quantitative estimate of drug-likeness (QED) is 0.574. The molecule has 0 saturated carbocycles. The van der Waals surface area contributed by atoms with Gasteiger partial charge >= 0.3 is 0 Å². The third kappa shape index (κ3) is 10.4. The first-order valence-electron chi connectivity index (χ1n) is 5.81. The van der Waals surface area contributed by atoms with E-state index in [1.165, 1.54) is 0 Å². The molecular weight excluding hydrogens is 238 g/mol. The summed E-state index contributed by atoms with van der Waals surface area (Å²) in [7, 11) is 5.45. The monoisotopic (exact) mass is 263 g/mol. The van der Waals surface area contributed by atoms with Gasteiger partial charge in [-0.25, -0.2) is 0 Å². The zero-order chi connectivity index (χ0) is 13.1. The van der Waals surface area contributed by atoms with Crippen molar-refractivity contribution in [3.8, 4) is 0 Å². The van der Waals surface area contributed by atoms with Crippen LogP contribution in [0.4, 0.5) is 0 Å². The Morgan fingerprint density at radius 3 is 2.59 bits per heavy atom. The van der Waals surface area contributed by atoms with Gasteiger partial charge in [0, 0.05) is 39.9 Å². The molecule has 0 aliphatic rings. The van der Waals surface area contributed by atoms with E-state index in [0.29, 0.717) is 11.7 Å². The Labute approximate surface area is 110 Å². The van der Waals surface area contributed by atoms with Gasteiger partial charge in [0.05, 0.1) is 13.2 Å².